The summed E-state index contributed by atoms with van der Waals surface area (Å²) in [5.41, 5.74) is 7.49. The summed E-state index contributed by atoms with van der Waals surface area (Å²) in [5.74, 6) is 1.03. The molecule has 0 aliphatic heterocycles. The second-order valence-corrected chi connectivity index (χ2v) is 4.61. The lowest BCUT2D eigenvalue weighted by molar-refractivity contribution is 0.159. The summed E-state index contributed by atoms with van der Waals surface area (Å²) >= 11 is 0. The number of pyridine rings is 1. The van der Waals surface area contributed by atoms with Crippen LogP contribution in [0.15, 0.2) is 12.1 Å². The molecule has 0 atom stereocenters. The summed E-state index contributed by atoms with van der Waals surface area (Å²) < 4.78 is 12.1. The van der Waals surface area contributed by atoms with Crippen LogP contribution in [0.2, 0.25) is 0 Å². The van der Waals surface area contributed by atoms with E-state index in [9.17, 15) is 0 Å². The summed E-state index contributed by atoms with van der Waals surface area (Å²) in [7, 11) is 5.34. The van der Waals surface area contributed by atoms with Gasteiger partial charge < -0.3 is 20.1 Å². The fraction of sp³-hybridized carbons (Fsp3) is 0.538. The number of fused-ring (bicyclic) bond motifs is 1. The molecule has 20 heavy (non-hydrogen) atoms. The second kappa shape index (κ2) is 6.53. The highest BCUT2D eigenvalue weighted by atomic mass is 16.5. The van der Waals surface area contributed by atoms with E-state index in [0.29, 0.717) is 18.4 Å². The molecular formula is C13H21N5O2. The average Bonchev–Trinajstić information content (AvgIpc) is 2.77. The Balaban J connectivity index is 2.14. The Kier molecular flexibility index (Phi) is 4.75. The van der Waals surface area contributed by atoms with Gasteiger partial charge in [0.05, 0.1) is 13.7 Å². The maximum absolute atomic E-state index is 5.96. The van der Waals surface area contributed by atoms with Gasteiger partial charge in [0.25, 0.3) is 0 Å². The predicted molar refractivity (Wildman–Crippen MR) is 77.9 cm³/mol. The van der Waals surface area contributed by atoms with Crippen molar-refractivity contribution in [1.82, 2.24) is 19.4 Å². The van der Waals surface area contributed by atoms with Gasteiger partial charge in [0.2, 0.25) is 11.8 Å². The minimum atomic E-state index is 0.473. The lowest BCUT2D eigenvalue weighted by Crippen LogP contribution is -2.27. The van der Waals surface area contributed by atoms with Crippen molar-refractivity contribution in [3.05, 3.63) is 12.1 Å². The fourth-order valence-electron chi connectivity index (χ4n) is 1.97. The molecule has 0 fully saturated rings. The van der Waals surface area contributed by atoms with Crippen molar-refractivity contribution in [1.29, 1.82) is 0 Å². The standard InChI is InChI=1S/C13H21N5O2/c1-17(8-9-19-2)6-7-18-12-10(15-13(18)14)4-5-11(16-12)20-3/h4-5H,6-9H2,1-3H3,(H2,14,15). The number of imidazole rings is 1. The normalized spacial score (nSPS) is 11.4. The van der Waals surface area contributed by atoms with Crippen LogP contribution in [0.1, 0.15) is 0 Å². The Morgan fingerprint density at radius 2 is 2.05 bits per heavy atom. The van der Waals surface area contributed by atoms with Crippen LogP contribution in [0, 0.1) is 0 Å². The number of rotatable bonds is 7. The van der Waals surface area contributed by atoms with E-state index >= 15 is 0 Å². The first-order valence-corrected chi connectivity index (χ1v) is 6.50. The molecule has 2 aromatic rings. The summed E-state index contributed by atoms with van der Waals surface area (Å²) in [6.07, 6.45) is 0. The van der Waals surface area contributed by atoms with E-state index in [1.807, 2.05) is 17.7 Å². The second-order valence-electron chi connectivity index (χ2n) is 4.61. The van der Waals surface area contributed by atoms with E-state index < -0.39 is 0 Å². The van der Waals surface area contributed by atoms with Crippen molar-refractivity contribution in [3.63, 3.8) is 0 Å². The first-order chi connectivity index (χ1) is 9.65. The monoisotopic (exact) mass is 279 g/mol. The van der Waals surface area contributed by atoms with E-state index in [4.69, 9.17) is 15.2 Å². The average molecular weight is 279 g/mol. The van der Waals surface area contributed by atoms with Crippen molar-refractivity contribution in [2.45, 2.75) is 6.54 Å². The molecule has 0 aliphatic rings. The van der Waals surface area contributed by atoms with Gasteiger partial charge >= 0.3 is 0 Å². The number of aromatic nitrogens is 3. The van der Waals surface area contributed by atoms with Crippen LogP contribution in [-0.4, -0.2) is 60.4 Å². The molecule has 110 valence electrons. The highest BCUT2D eigenvalue weighted by Crippen LogP contribution is 2.19. The van der Waals surface area contributed by atoms with Crippen LogP contribution < -0.4 is 10.5 Å². The third kappa shape index (κ3) is 3.17. The molecule has 2 N–H and O–H groups in total. The Hall–Kier alpha value is -1.86. The number of methoxy groups -OCH3 is 2. The van der Waals surface area contributed by atoms with Crippen molar-refractivity contribution in [2.24, 2.45) is 0 Å². The minimum absolute atomic E-state index is 0.473. The lowest BCUT2D eigenvalue weighted by atomic mass is 10.4. The van der Waals surface area contributed by atoms with Crippen molar-refractivity contribution in [2.75, 3.05) is 46.7 Å². The number of anilines is 1. The molecule has 0 spiro atoms. The van der Waals surface area contributed by atoms with Crippen molar-refractivity contribution >= 4 is 17.1 Å². The molecule has 0 aromatic carbocycles. The molecule has 0 saturated heterocycles. The number of nitrogens with two attached hydrogens (primary N) is 1. The smallest absolute Gasteiger partial charge is 0.215 e. The summed E-state index contributed by atoms with van der Waals surface area (Å²) in [6, 6.07) is 3.65. The van der Waals surface area contributed by atoms with Crippen LogP contribution in [0.25, 0.3) is 11.2 Å². The molecule has 2 heterocycles. The molecular weight excluding hydrogens is 258 g/mol. The molecule has 7 heteroatoms. The van der Waals surface area contributed by atoms with E-state index in [1.54, 1.807) is 20.3 Å². The highest BCUT2D eigenvalue weighted by Gasteiger charge is 2.11. The minimum Gasteiger partial charge on any atom is -0.481 e. The van der Waals surface area contributed by atoms with Gasteiger partial charge in [-0.1, -0.05) is 0 Å². The largest absolute Gasteiger partial charge is 0.481 e. The quantitative estimate of drug-likeness (QED) is 0.799. The van der Waals surface area contributed by atoms with Crippen LogP contribution in [0.4, 0.5) is 5.95 Å². The first-order valence-electron chi connectivity index (χ1n) is 6.50. The molecule has 2 aromatic heterocycles. The zero-order valence-corrected chi connectivity index (χ0v) is 12.2. The number of nitrogen functional groups attached to an aromatic ring is 1. The number of nitrogens with zero attached hydrogens (tertiary/aromatic N) is 4. The number of likely N-dealkylation sites (N-methyl/N-ethyl adjacent to an activating group) is 1. The Morgan fingerprint density at radius 3 is 2.75 bits per heavy atom. The number of ether oxygens (including phenoxy) is 2. The van der Waals surface area contributed by atoms with E-state index in [2.05, 4.69) is 14.9 Å². The SMILES string of the molecule is COCCN(C)CCn1c(N)nc2ccc(OC)nc21. The van der Waals surface area contributed by atoms with Crippen molar-refractivity contribution in [3.8, 4) is 5.88 Å². The summed E-state index contributed by atoms with van der Waals surface area (Å²) in [6.45, 7) is 3.16. The maximum Gasteiger partial charge on any atom is 0.215 e. The van der Waals surface area contributed by atoms with Crippen LogP contribution in [0.3, 0.4) is 0 Å². The first kappa shape index (κ1) is 14.5. The lowest BCUT2D eigenvalue weighted by Gasteiger charge is -2.16. The zero-order valence-electron chi connectivity index (χ0n) is 12.2. The predicted octanol–water partition coefficient (Wildman–Crippen LogP) is 0.600. The van der Waals surface area contributed by atoms with E-state index in [0.717, 1.165) is 30.8 Å². The molecule has 0 amide bonds. The number of hydrogen-bond acceptors (Lipinski definition) is 6. The van der Waals surface area contributed by atoms with Crippen LogP contribution in [-0.2, 0) is 11.3 Å². The maximum atomic E-state index is 5.96. The van der Waals surface area contributed by atoms with Gasteiger partial charge in [0.1, 0.15) is 5.52 Å². The third-order valence-electron chi connectivity index (χ3n) is 3.19. The Labute approximate surface area is 118 Å². The topological polar surface area (TPSA) is 78.4 Å². The van der Waals surface area contributed by atoms with Crippen molar-refractivity contribution < 1.29 is 9.47 Å². The van der Waals surface area contributed by atoms with Gasteiger partial charge in [-0.3, -0.25) is 4.57 Å². The molecule has 0 radical (unpaired) electrons. The van der Waals surface area contributed by atoms with Gasteiger partial charge in [-0.05, 0) is 13.1 Å². The molecule has 2 rings (SSSR count). The molecule has 0 unspecified atom stereocenters. The highest BCUT2D eigenvalue weighted by molar-refractivity contribution is 5.74. The van der Waals surface area contributed by atoms with Gasteiger partial charge in [-0.25, -0.2) is 4.98 Å². The van der Waals surface area contributed by atoms with Gasteiger partial charge in [0.15, 0.2) is 5.65 Å². The number of hydrogen-bond donors (Lipinski definition) is 1. The van der Waals surface area contributed by atoms with E-state index in [1.165, 1.54) is 0 Å². The van der Waals surface area contributed by atoms with Gasteiger partial charge in [0, 0.05) is 32.8 Å². The Bertz CT molecular complexity index is 569. The molecule has 7 nitrogen and oxygen atoms in total. The molecule has 0 saturated carbocycles. The molecule has 0 bridgehead atoms. The summed E-state index contributed by atoms with van der Waals surface area (Å²) in [4.78, 5) is 10.9. The molecule has 0 aliphatic carbocycles. The fourth-order valence-corrected chi connectivity index (χ4v) is 1.97. The van der Waals surface area contributed by atoms with E-state index in [-0.39, 0.29) is 0 Å². The van der Waals surface area contributed by atoms with Gasteiger partial charge in [-0.15, -0.1) is 0 Å². The van der Waals surface area contributed by atoms with Crippen LogP contribution >= 0.6 is 0 Å². The van der Waals surface area contributed by atoms with Crippen LogP contribution in [0.5, 0.6) is 5.88 Å². The summed E-state index contributed by atoms with van der Waals surface area (Å²) in [5, 5.41) is 0. The third-order valence-corrected chi connectivity index (χ3v) is 3.19. The van der Waals surface area contributed by atoms with Gasteiger partial charge in [-0.2, -0.15) is 4.98 Å². The zero-order chi connectivity index (χ0) is 14.5. The Morgan fingerprint density at radius 1 is 1.25 bits per heavy atom.